The predicted molar refractivity (Wildman–Crippen MR) is 84.9 cm³/mol. The molecule has 24 heavy (non-hydrogen) atoms. The van der Waals surface area contributed by atoms with E-state index in [1.807, 2.05) is 30.3 Å². The summed E-state index contributed by atoms with van der Waals surface area (Å²) in [5, 5.41) is 0. The minimum atomic E-state index is -4.32. The van der Waals surface area contributed by atoms with Crippen LogP contribution < -0.4 is 0 Å². The average molecular weight is 331 g/mol. The topological polar surface area (TPSA) is 21.6 Å². The number of hydrogen-bond acceptors (Lipinski definition) is 2. The largest absolute Gasteiger partial charge is 0.463 e. The van der Waals surface area contributed by atoms with Gasteiger partial charge in [0.25, 0.3) is 0 Å². The molecule has 2 atom stereocenters. The van der Waals surface area contributed by atoms with Gasteiger partial charge in [0.05, 0.1) is 6.54 Å². The molecule has 0 bridgehead atoms. The van der Waals surface area contributed by atoms with E-state index < -0.39 is 17.7 Å². The van der Waals surface area contributed by atoms with E-state index in [0.717, 1.165) is 5.56 Å². The van der Waals surface area contributed by atoms with Crippen molar-refractivity contribution in [3.63, 3.8) is 0 Å². The second-order valence-electron chi connectivity index (χ2n) is 6.27. The molecule has 5 heteroatoms. The Labute approximate surface area is 138 Å². The Hall–Kier alpha value is -2.30. The van der Waals surface area contributed by atoms with E-state index in [0.29, 0.717) is 23.4 Å². The van der Waals surface area contributed by atoms with Crippen LogP contribution in [0.3, 0.4) is 0 Å². The summed E-state index contributed by atoms with van der Waals surface area (Å²) in [5.41, 5.74) is 0.798. The number of ether oxygens (including phenoxy) is 1. The van der Waals surface area contributed by atoms with Crippen molar-refractivity contribution >= 4 is 5.90 Å². The summed E-state index contributed by atoms with van der Waals surface area (Å²) in [6.45, 7) is -0.00157. The predicted octanol–water partition coefficient (Wildman–Crippen LogP) is 4.48. The van der Waals surface area contributed by atoms with Crippen molar-refractivity contribution in [2.24, 2.45) is 10.9 Å². The van der Waals surface area contributed by atoms with Crippen molar-refractivity contribution in [1.29, 1.82) is 0 Å². The van der Waals surface area contributed by atoms with Gasteiger partial charge in [-0.15, -0.1) is 0 Å². The number of benzene rings is 2. The zero-order chi connectivity index (χ0) is 16.8. The van der Waals surface area contributed by atoms with Gasteiger partial charge in [-0.1, -0.05) is 42.5 Å². The van der Waals surface area contributed by atoms with E-state index in [9.17, 15) is 13.2 Å². The molecule has 124 valence electrons. The molecule has 0 saturated heterocycles. The van der Waals surface area contributed by atoms with Crippen molar-refractivity contribution in [3.05, 3.63) is 71.3 Å². The molecule has 1 heterocycles. The Morgan fingerprint density at radius 3 is 2.46 bits per heavy atom. The second kappa shape index (κ2) is 5.36. The number of aliphatic imine (C=N–C) groups is 1. The summed E-state index contributed by atoms with van der Waals surface area (Å²) < 4.78 is 47.2. The maximum Gasteiger partial charge on any atom is 0.396 e. The molecule has 2 aromatic carbocycles. The van der Waals surface area contributed by atoms with E-state index in [1.54, 1.807) is 24.3 Å². The van der Waals surface area contributed by atoms with Crippen LogP contribution >= 0.6 is 0 Å². The van der Waals surface area contributed by atoms with Crippen LogP contribution in [0.15, 0.2) is 59.6 Å². The highest BCUT2D eigenvalue weighted by molar-refractivity contribution is 5.95. The molecule has 1 aliphatic heterocycles. The highest BCUT2D eigenvalue weighted by Crippen LogP contribution is 2.52. The lowest BCUT2D eigenvalue weighted by atomic mass is 9.71. The third-order valence-electron chi connectivity index (χ3n) is 4.89. The summed E-state index contributed by atoms with van der Waals surface area (Å²) in [6.07, 6.45) is -3.89. The van der Waals surface area contributed by atoms with Crippen LogP contribution in [0.2, 0.25) is 0 Å². The van der Waals surface area contributed by atoms with Crippen LogP contribution in [0.5, 0.6) is 0 Å². The number of hydrogen-bond donors (Lipinski definition) is 0. The third-order valence-corrected chi connectivity index (χ3v) is 4.89. The van der Waals surface area contributed by atoms with Gasteiger partial charge in [0.15, 0.2) is 5.60 Å². The normalized spacial score (nSPS) is 26.0. The minimum Gasteiger partial charge on any atom is -0.463 e. The second-order valence-corrected chi connectivity index (χ2v) is 6.27. The molecule has 2 aromatic rings. The first-order valence-corrected chi connectivity index (χ1v) is 7.95. The van der Waals surface area contributed by atoms with Gasteiger partial charge in [-0.05, 0) is 30.5 Å². The zero-order valence-electron chi connectivity index (χ0n) is 12.9. The maximum atomic E-state index is 13.7. The fourth-order valence-corrected chi connectivity index (χ4v) is 3.78. The SMILES string of the molecule is FC(F)(F)[C@H]1CCc2ccccc2[C@@]12CN=C(c1ccccc1)O2. The molecule has 0 amide bonds. The molecule has 0 aromatic heterocycles. The molecule has 1 aliphatic carbocycles. The highest BCUT2D eigenvalue weighted by Gasteiger charge is 2.60. The molecule has 2 aliphatic rings. The minimum absolute atomic E-state index is 0.00157. The van der Waals surface area contributed by atoms with E-state index in [-0.39, 0.29) is 13.0 Å². The number of rotatable bonds is 1. The van der Waals surface area contributed by atoms with Crippen molar-refractivity contribution < 1.29 is 17.9 Å². The molecule has 0 radical (unpaired) electrons. The molecule has 4 rings (SSSR count). The first-order chi connectivity index (χ1) is 11.5. The van der Waals surface area contributed by atoms with Crippen LogP contribution in [-0.4, -0.2) is 18.6 Å². The van der Waals surface area contributed by atoms with Crippen molar-refractivity contribution in [2.75, 3.05) is 6.54 Å². The van der Waals surface area contributed by atoms with Gasteiger partial charge in [-0.2, -0.15) is 13.2 Å². The maximum absolute atomic E-state index is 13.7. The average Bonchev–Trinajstić information content (AvgIpc) is 3.00. The van der Waals surface area contributed by atoms with E-state index in [1.165, 1.54) is 0 Å². The van der Waals surface area contributed by atoms with Gasteiger partial charge in [0.1, 0.15) is 5.92 Å². The quantitative estimate of drug-likeness (QED) is 0.755. The summed E-state index contributed by atoms with van der Waals surface area (Å²) >= 11 is 0. The molecular weight excluding hydrogens is 315 g/mol. The molecule has 0 saturated carbocycles. The van der Waals surface area contributed by atoms with Gasteiger partial charge in [0, 0.05) is 11.1 Å². The summed E-state index contributed by atoms with van der Waals surface area (Å²) in [4.78, 5) is 4.34. The van der Waals surface area contributed by atoms with Crippen molar-refractivity contribution in [3.8, 4) is 0 Å². The molecule has 1 spiro atoms. The molecule has 0 unspecified atom stereocenters. The number of fused-ring (bicyclic) bond motifs is 2. The van der Waals surface area contributed by atoms with Gasteiger partial charge in [0.2, 0.25) is 5.90 Å². The Morgan fingerprint density at radius 1 is 1.00 bits per heavy atom. The van der Waals surface area contributed by atoms with Crippen LogP contribution in [0.4, 0.5) is 13.2 Å². The molecular formula is C19H16F3NO. The zero-order valence-corrected chi connectivity index (χ0v) is 12.9. The van der Waals surface area contributed by atoms with Crippen LogP contribution in [0.25, 0.3) is 0 Å². The first-order valence-electron chi connectivity index (χ1n) is 7.95. The summed E-state index contributed by atoms with van der Waals surface area (Å²) in [5.74, 6) is -1.26. The molecule has 0 N–H and O–H groups in total. The number of nitrogens with zero attached hydrogens (tertiary/aromatic N) is 1. The van der Waals surface area contributed by atoms with Gasteiger partial charge < -0.3 is 4.74 Å². The van der Waals surface area contributed by atoms with Crippen LogP contribution in [-0.2, 0) is 16.8 Å². The standard InChI is InChI=1S/C19H16F3NO/c20-19(21,22)16-11-10-13-6-4-5-9-15(13)18(16)12-23-17(24-18)14-7-2-1-3-8-14/h1-9,16H,10-12H2/t16-,18-/m0/s1. The third kappa shape index (κ3) is 2.30. The van der Waals surface area contributed by atoms with Crippen LogP contribution in [0, 0.1) is 5.92 Å². The number of halogens is 3. The van der Waals surface area contributed by atoms with Gasteiger partial charge >= 0.3 is 6.18 Å². The lowest BCUT2D eigenvalue weighted by Crippen LogP contribution is -2.49. The van der Waals surface area contributed by atoms with E-state index >= 15 is 0 Å². The Bertz CT molecular complexity index is 785. The summed E-state index contributed by atoms with van der Waals surface area (Å²) in [6, 6.07) is 16.3. The Morgan fingerprint density at radius 2 is 1.71 bits per heavy atom. The smallest absolute Gasteiger partial charge is 0.396 e. The van der Waals surface area contributed by atoms with E-state index in [2.05, 4.69) is 4.99 Å². The lowest BCUT2D eigenvalue weighted by molar-refractivity contribution is -0.225. The van der Waals surface area contributed by atoms with Crippen molar-refractivity contribution in [2.45, 2.75) is 24.6 Å². The summed E-state index contributed by atoms with van der Waals surface area (Å²) in [7, 11) is 0. The number of alkyl halides is 3. The first kappa shape index (κ1) is 15.2. The van der Waals surface area contributed by atoms with Crippen molar-refractivity contribution in [1.82, 2.24) is 0 Å². The monoisotopic (exact) mass is 331 g/mol. The Kier molecular flexibility index (Phi) is 3.41. The lowest BCUT2D eigenvalue weighted by Gasteiger charge is -2.42. The fourth-order valence-electron chi connectivity index (χ4n) is 3.78. The van der Waals surface area contributed by atoms with Gasteiger partial charge in [-0.3, -0.25) is 0 Å². The molecule has 2 nitrogen and oxygen atoms in total. The fraction of sp³-hybridized carbons (Fsp3) is 0.316. The highest BCUT2D eigenvalue weighted by atomic mass is 19.4. The van der Waals surface area contributed by atoms with E-state index in [4.69, 9.17) is 4.74 Å². The molecule has 0 fully saturated rings. The van der Waals surface area contributed by atoms with Crippen LogP contribution in [0.1, 0.15) is 23.1 Å². The number of aryl methyl sites for hydroxylation is 1. The van der Waals surface area contributed by atoms with Gasteiger partial charge in [-0.25, -0.2) is 4.99 Å². The Balaban J connectivity index is 1.79.